The molecule has 2 nitrogen and oxygen atoms in total. The van der Waals surface area contributed by atoms with Gasteiger partial charge in [-0.25, -0.2) is 4.79 Å². The molecule has 0 heterocycles. The lowest BCUT2D eigenvalue weighted by atomic mass is 9.63. The number of carbonyl (C=O) groups excluding carboxylic acids is 1. The zero-order chi connectivity index (χ0) is 21.4. The molecule has 3 heteroatoms. The highest BCUT2D eigenvalue weighted by Crippen LogP contribution is 2.48. The summed E-state index contributed by atoms with van der Waals surface area (Å²) in [6.45, 7) is 13.8. The van der Waals surface area contributed by atoms with E-state index in [2.05, 4.69) is 68.8 Å². The van der Waals surface area contributed by atoms with Gasteiger partial charge in [0.05, 0.1) is 12.2 Å². The standard InChI is InChI=1S/C26H31BrO2/c1-7-29-24(28)19-10-8-18(9-11-19)14-17(2)20-15-21-22(16-23(20)27)26(5,6)13-12-25(21,3)4/h8-11,14-16H,7,12-13H2,1-6H3. The van der Waals surface area contributed by atoms with E-state index in [1.165, 1.54) is 35.1 Å². The summed E-state index contributed by atoms with van der Waals surface area (Å²) in [6, 6.07) is 12.3. The number of ether oxygens (including phenoxy) is 1. The van der Waals surface area contributed by atoms with E-state index in [-0.39, 0.29) is 16.8 Å². The monoisotopic (exact) mass is 454 g/mol. The number of carbonyl (C=O) groups is 1. The highest BCUT2D eigenvalue weighted by molar-refractivity contribution is 9.10. The number of allylic oxidation sites excluding steroid dienone is 1. The van der Waals surface area contributed by atoms with Crippen LogP contribution in [0.25, 0.3) is 11.6 Å². The molecule has 0 spiro atoms. The maximum absolute atomic E-state index is 11.9. The van der Waals surface area contributed by atoms with E-state index < -0.39 is 0 Å². The zero-order valence-corrected chi connectivity index (χ0v) is 19.9. The van der Waals surface area contributed by atoms with Crippen LogP contribution in [0.1, 0.15) is 87.0 Å². The van der Waals surface area contributed by atoms with E-state index in [0.29, 0.717) is 12.2 Å². The molecule has 154 valence electrons. The van der Waals surface area contributed by atoms with Crippen LogP contribution in [0.15, 0.2) is 40.9 Å². The minimum Gasteiger partial charge on any atom is -0.462 e. The number of hydrogen-bond acceptors (Lipinski definition) is 2. The maximum Gasteiger partial charge on any atom is 0.338 e. The summed E-state index contributed by atoms with van der Waals surface area (Å²) in [4.78, 5) is 11.9. The van der Waals surface area contributed by atoms with E-state index in [4.69, 9.17) is 4.74 Å². The summed E-state index contributed by atoms with van der Waals surface area (Å²) < 4.78 is 6.20. The Balaban J connectivity index is 1.97. The second-order valence-electron chi connectivity index (χ2n) is 9.32. The van der Waals surface area contributed by atoms with Crippen molar-refractivity contribution in [1.29, 1.82) is 0 Å². The predicted octanol–water partition coefficient (Wildman–Crippen LogP) is 7.54. The molecule has 0 aromatic heterocycles. The molecule has 0 N–H and O–H groups in total. The summed E-state index contributed by atoms with van der Waals surface area (Å²) in [5.41, 5.74) is 7.37. The molecule has 29 heavy (non-hydrogen) atoms. The van der Waals surface area contributed by atoms with Crippen LogP contribution in [0.5, 0.6) is 0 Å². The molecule has 0 atom stereocenters. The van der Waals surface area contributed by atoms with Gasteiger partial charge >= 0.3 is 5.97 Å². The van der Waals surface area contributed by atoms with Gasteiger partial charge in [-0.05, 0) is 89.6 Å². The van der Waals surface area contributed by atoms with Crippen LogP contribution in [0, 0.1) is 0 Å². The van der Waals surface area contributed by atoms with Gasteiger partial charge in [0.1, 0.15) is 0 Å². The summed E-state index contributed by atoms with van der Waals surface area (Å²) in [7, 11) is 0. The van der Waals surface area contributed by atoms with Gasteiger partial charge < -0.3 is 4.74 Å². The molecule has 0 fully saturated rings. The average Bonchev–Trinajstić information content (AvgIpc) is 2.66. The highest BCUT2D eigenvalue weighted by Gasteiger charge is 2.37. The molecule has 0 bridgehead atoms. The summed E-state index contributed by atoms with van der Waals surface area (Å²) in [5.74, 6) is -0.276. The van der Waals surface area contributed by atoms with E-state index in [1.807, 2.05) is 31.2 Å². The van der Waals surface area contributed by atoms with Crippen molar-refractivity contribution < 1.29 is 9.53 Å². The highest BCUT2D eigenvalue weighted by atomic mass is 79.9. The number of benzene rings is 2. The normalized spacial score (nSPS) is 17.6. The van der Waals surface area contributed by atoms with Gasteiger partial charge in [0.15, 0.2) is 0 Å². The molecular weight excluding hydrogens is 424 g/mol. The first-order chi connectivity index (χ1) is 13.5. The third-order valence-electron chi connectivity index (χ3n) is 6.17. The second-order valence-corrected chi connectivity index (χ2v) is 10.2. The van der Waals surface area contributed by atoms with Gasteiger partial charge in [-0.1, -0.05) is 61.8 Å². The fourth-order valence-corrected chi connectivity index (χ4v) is 4.80. The Hall–Kier alpha value is -1.87. The predicted molar refractivity (Wildman–Crippen MR) is 125 cm³/mol. The van der Waals surface area contributed by atoms with Crippen molar-refractivity contribution in [3.8, 4) is 0 Å². The average molecular weight is 455 g/mol. The van der Waals surface area contributed by atoms with Gasteiger partial charge in [0.2, 0.25) is 0 Å². The van der Waals surface area contributed by atoms with Crippen LogP contribution in [-0.4, -0.2) is 12.6 Å². The van der Waals surface area contributed by atoms with Crippen LogP contribution in [0.4, 0.5) is 0 Å². The van der Waals surface area contributed by atoms with Gasteiger partial charge in [-0.2, -0.15) is 0 Å². The minimum atomic E-state index is -0.276. The summed E-state index contributed by atoms with van der Waals surface area (Å²) in [5, 5.41) is 0. The van der Waals surface area contributed by atoms with Crippen molar-refractivity contribution in [2.45, 2.75) is 65.2 Å². The summed E-state index contributed by atoms with van der Waals surface area (Å²) in [6.07, 6.45) is 4.58. The Bertz CT molecular complexity index is 949. The largest absolute Gasteiger partial charge is 0.462 e. The SMILES string of the molecule is CCOC(=O)c1ccc(C=C(C)c2cc3c(cc2Br)C(C)(C)CCC3(C)C)cc1. The Labute approximate surface area is 183 Å². The topological polar surface area (TPSA) is 26.3 Å². The van der Waals surface area contributed by atoms with Crippen molar-refractivity contribution in [3.05, 3.63) is 68.7 Å². The molecule has 0 radical (unpaired) electrons. The molecule has 0 saturated heterocycles. The van der Waals surface area contributed by atoms with E-state index >= 15 is 0 Å². The third-order valence-corrected chi connectivity index (χ3v) is 6.83. The van der Waals surface area contributed by atoms with Crippen LogP contribution in [0.2, 0.25) is 0 Å². The first kappa shape index (κ1) is 21.8. The Kier molecular flexibility index (Phi) is 6.10. The quantitative estimate of drug-likeness (QED) is 0.352. The van der Waals surface area contributed by atoms with Crippen LogP contribution in [-0.2, 0) is 15.6 Å². The molecule has 2 aromatic carbocycles. The molecule has 3 rings (SSSR count). The molecule has 2 aromatic rings. The first-order valence-electron chi connectivity index (χ1n) is 10.4. The summed E-state index contributed by atoms with van der Waals surface area (Å²) >= 11 is 3.82. The van der Waals surface area contributed by atoms with Crippen molar-refractivity contribution in [1.82, 2.24) is 0 Å². The first-order valence-corrected chi connectivity index (χ1v) is 11.1. The van der Waals surface area contributed by atoms with Gasteiger partial charge in [0, 0.05) is 4.47 Å². The Morgan fingerprint density at radius 2 is 1.59 bits per heavy atom. The van der Waals surface area contributed by atoms with Gasteiger partial charge in [-0.15, -0.1) is 0 Å². The lowest BCUT2D eigenvalue weighted by molar-refractivity contribution is 0.0526. The van der Waals surface area contributed by atoms with Crippen LogP contribution < -0.4 is 0 Å². The van der Waals surface area contributed by atoms with Crippen molar-refractivity contribution in [3.63, 3.8) is 0 Å². The van der Waals surface area contributed by atoms with Gasteiger partial charge in [-0.3, -0.25) is 0 Å². The molecule has 0 unspecified atom stereocenters. The van der Waals surface area contributed by atoms with E-state index in [0.717, 1.165) is 10.0 Å². The van der Waals surface area contributed by atoms with Gasteiger partial charge in [0.25, 0.3) is 0 Å². The van der Waals surface area contributed by atoms with E-state index in [1.54, 1.807) is 0 Å². The number of halogens is 1. The fourth-order valence-electron chi connectivity index (χ4n) is 4.15. The number of rotatable bonds is 4. The maximum atomic E-state index is 11.9. The lowest BCUT2D eigenvalue weighted by Crippen LogP contribution is -2.34. The molecule has 0 saturated carbocycles. The number of esters is 1. The minimum absolute atomic E-state index is 0.182. The van der Waals surface area contributed by atoms with Crippen molar-refractivity contribution in [2.24, 2.45) is 0 Å². The smallest absolute Gasteiger partial charge is 0.338 e. The lowest BCUT2D eigenvalue weighted by Gasteiger charge is -2.42. The number of hydrogen-bond donors (Lipinski definition) is 0. The molecule has 1 aliphatic rings. The van der Waals surface area contributed by atoms with E-state index in [9.17, 15) is 4.79 Å². The fraction of sp³-hybridized carbons (Fsp3) is 0.423. The molecule has 0 aliphatic heterocycles. The van der Waals surface area contributed by atoms with Crippen LogP contribution >= 0.6 is 15.9 Å². The molecule has 0 amide bonds. The van der Waals surface area contributed by atoms with Crippen molar-refractivity contribution in [2.75, 3.05) is 6.61 Å². The van der Waals surface area contributed by atoms with Crippen LogP contribution in [0.3, 0.4) is 0 Å². The number of fused-ring (bicyclic) bond motifs is 1. The third kappa shape index (κ3) is 4.50. The Morgan fingerprint density at radius 1 is 1.03 bits per heavy atom. The second kappa shape index (κ2) is 8.10. The zero-order valence-electron chi connectivity index (χ0n) is 18.4. The van der Waals surface area contributed by atoms with Crippen molar-refractivity contribution >= 4 is 33.5 Å². The Morgan fingerprint density at radius 3 is 2.14 bits per heavy atom. The molecule has 1 aliphatic carbocycles. The molecular formula is C26H31BrO2.